The zero-order chi connectivity index (χ0) is 14.9. The standard InChI is InChI=1S/C18H16N4/c1-2-18-21-16-8-7-13(9-17(16)22-18)19-10-12-11-20-15-6-4-3-5-14(12)15/h3-10,19-22H,1,11H2/b12-10+. The van der Waals surface area contributed by atoms with Gasteiger partial charge in [0.2, 0.25) is 0 Å². The van der Waals surface area contributed by atoms with Crippen molar-refractivity contribution in [2.75, 3.05) is 27.8 Å². The summed E-state index contributed by atoms with van der Waals surface area (Å²) in [6, 6.07) is 14.5. The number of rotatable bonds is 2. The van der Waals surface area contributed by atoms with E-state index in [1.807, 2.05) is 18.2 Å². The summed E-state index contributed by atoms with van der Waals surface area (Å²) in [6.45, 7) is 4.49. The average molecular weight is 288 g/mol. The molecule has 0 unspecified atom stereocenters. The molecular formula is C18H16N4. The molecule has 2 aliphatic rings. The van der Waals surface area contributed by atoms with Gasteiger partial charge in [0.1, 0.15) is 0 Å². The number of fused-ring (bicyclic) bond motifs is 2. The lowest BCUT2D eigenvalue weighted by atomic mass is 10.1. The normalized spacial score (nSPS) is 16.2. The highest BCUT2D eigenvalue weighted by Crippen LogP contribution is 2.33. The van der Waals surface area contributed by atoms with E-state index in [2.05, 4.69) is 64.0 Å². The highest BCUT2D eigenvalue weighted by atomic mass is 15.2. The molecule has 0 radical (unpaired) electrons. The molecule has 0 saturated carbocycles. The molecule has 2 aromatic carbocycles. The van der Waals surface area contributed by atoms with Crippen LogP contribution in [0.15, 0.2) is 66.8 Å². The van der Waals surface area contributed by atoms with Gasteiger partial charge < -0.3 is 21.3 Å². The van der Waals surface area contributed by atoms with Crippen molar-refractivity contribution in [3.63, 3.8) is 0 Å². The molecule has 0 atom stereocenters. The van der Waals surface area contributed by atoms with Crippen molar-refractivity contribution in [3.05, 3.63) is 72.4 Å². The molecule has 0 saturated heterocycles. The quantitative estimate of drug-likeness (QED) is 0.630. The first-order valence-electron chi connectivity index (χ1n) is 7.20. The molecule has 0 aromatic heterocycles. The number of nitrogens with one attached hydrogen (secondary N) is 4. The van der Waals surface area contributed by atoms with Crippen LogP contribution in [0.1, 0.15) is 5.56 Å². The van der Waals surface area contributed by atoms with Gasteiger partial charge in [-0.15, -0.1) is 0 Å². The van der Waals surface area contributed by atoms with Crippen LogP contribution in [0.2, 0.25) is 0 Å². The summed E-state index contributed by atoms with van der Waals surface area (Å²) in [4.78, 5) is 0. The average Bonchev–Trinajstić information content (AvgIpc) is 3.16. The Morgan fingerprint density at radius 2 is 1.91 bits per heavy atom. The molecule has 4 heteroatoms. The number of para-hydroxylation sites is 1. The van der Waals surface area contributed by atoms with Crippen molar-refractivity contribution in [1.29, 1.82) is 0 Å². The Labute approximate surface area is 129 Å². The fraction of sp³-hybridized carbons (Fsp3) is 0.0556. The van der Waals surface area contributed by atoms with Crippen molar-refractivity contribution in [3.8, 4) is 0 Å². The maximum absolute atomic E-state index is 3.64. The lowest BCUT2D eigenvalue weighted by Crippen LogP contribution is -1.96. The highest BCUT2D eigenvalue weighted by molar-refractivity contribution is 5.86. The highest BCUT2D eigenvalue weighted by Gasteiger charge is 2.15. The van der Waals surface area contributed by atoms with Crippen molar-refractivity contribution < 1.29 is 0 Å². The minimum atomic E-state index is 0.791. The third kappa shape index (κ3) is 2.12. The third-order valence-electron chi connectivity index (χ3n) is 3.87. The summed E-state index contributed by atoms with van der Waals surface area (Å²) in [5, 5.41) is 13.2. The second-order valence-electron chi connectivity index (χ2n) is 5.28. The van der Waals surface area contributed by atoms with Gasteiger partial charge in [-0.25, -0.2) is 0 Å². The van der Waals surface area contributed by atoms with E-state index >= 15 is 0 Å². The van der Waals surface area contributed by atoms with Crippen LogP contribution in [0.25, 0.3) is 5.57 Å². The van der Waals surface area contributed by atoms with E-state index < -0.39 is 0 Å². The van der Waals surface area contributed by atoms with Gasteiger partial charge in [0.05, 0.1) is 11.4 Å². The molecule has 4 nitrogen and oxygen atoms in total. The third-order valence-corrected chi connectivity index (χ3v) is 3.87. The maximum atomic E-state index is 3.64. The fourth-order valence-electron chi connectivity index (χ4n) is 2.74. The van der Waals surface area contributed by atoms with E-state index in [9.17, 15) is 0 Å². The second-order valence-corrected chi connectivity index (χ2v) is 5.28. The summed E-state index contributed by atoms with van der Waals surface area (Å²) in [6.07, 6.45) is 2.06. The van der Waals surface area contributed by atoms with Crippen LogP contribution >= 0.6 is 0 Å². The van der Waals surface area contributed by atoms with E-state index in [1.165, 1.54) is 16.8 Å². The van der Waals surface area contributed by atoms with E-state index in [4.69, 9.17) is 0 Å². The Morgan fingerprint density at radius 1 is 1.05 bits per heavy atom. The lowest BCUT2D eigenvalue weighted by Gasteiger charge is -2.05. The van der Waals surface area contributed by atoms with Crippen LogP contribution in [0.3, 0.4) is 0 Å². The SMILES string of the molecule is C=C=C1Nc2ccc(N/C=C3\CNc4ccccc43)cc2N1. The Balaban J connectivity index is 1.57. The Bertz CT molecular complexity index is 829. The molecule has 0 fully saturated rings. The summed E-state index contributed by atoms with van der Waals surface area (Å²) >= 11 is 0. The summed E-state index contributed by atoms with van der Waals surface area (Å²) in [7, 11) is 0. The van der Waals surface area contributed by atoms with Gasteiger partial charge in [-0.3, -0.25) is 0 Å². The van der Waals surface area contributed by atoms with Gasteiger partial charge in [0, 0.05) is 29.7 Å². The zero-order valence-corrected chi connectivity index (χ0v) is 12.0. The van der Waals surface area contributed by atoms with Gasteiger partial charge in [-0.05, 0) is 29.8 Å². The second kappa shape index (κ2) is 5.02. The minimum Gasteiger partial charge on any atom is -0.380 e. The monoisotopic (exact) mass is 288 g/mol. The lowest BCUT2D eigenvalue weighted by molar-refractivity contribution is 1.43. The van der Waals surface area contributed by atoms with Crippen molar-refractivity contribution in [2.24, 2.45) is 0 Å². The first-order valence-corrected chi connectivity index (χ1v) is 7.20. The zero-order valence-electron chi connectivity index (χ0n) is 12.0. The van der Waals surface area contributed by atoms with Crippen LogP contribution in [0, 0.1) is 0 Å². The van der Waals surface area contributed by atoms with Crippen LogP contribution < -0.4 is 21.3 Å². The smallest absolute Gasteiger partial charge is 0.152 e. The molecule has 108 valence electrons. The summed E-state index contributed by atoms with van der Waals surface area (Å²) in [5.74, 6) is 0.791. The maximum Gasteiger partial charge on any atom is 0.152 e. The van der Waals surface area contributed by atoms with E-state index in [1.54, 1.807) is 0 Å². The first-order chi connectivity index (χ1) is 10.8. The topological polar surface area (TPSA) is 48.1 Å². The Hall–Kier alpha value is -3.10. The van der Waals surface area contributed by atoms with Crippen molar-refractivity contribution >= 4 is 28.3 Å². The van der Waals surface area contributed by atoms with E-state index in [0.29, 0.717) is 0 Å². The van der Waals surface area contributed by atoms with Crippen LogP contribution in [-0.4, -0.2) is 6.54 Å². The number of benzene rings is 2. The summed E-state index contributed by atoms with van der Waals surface area (Å²) < 4.78 is 0. The summed E-state index contributed by atoms with van der Waals surface area (Å²) in [5.41, 5.74) is 9.63. The van der Waals surface area contributed by atoms with Gasteiger partial charge in [-0.1, -0.05) is 30.5 Å². The number of anilines is 4. The molecule has 0 aliphatic carbocycles. The number of hydrogen-bond acceptors (Lipinski definition) is 4. The molecule has 0 bridgehead atoms. The van der Waals surface area contributed by atoms with Gasteiger partial charge in [-0.2, -0.15) is 0 Å². The fourth-order valence-corrected chi connectivity index (χ4v) is 2.74. The predicted molar refractivity (Wildman–Crippen MR) is 92.9 cm³/mol. The molecule has 4 rings (SSSR count). The Kier molecular flexibility index (Phi) is 2.88. The van der Waals surface area contributed by atoms with Gasteiger partial charge in [0.15, 0.2) is 5.82 Å². The first kappa shape index (κ1) is 12.6. The van der Waals surface area contributed by atoms with Crippen molar-refractivity contribution in [1.82, 2.24) is 0 Å². The number of hydrogen-bond donors (Lipinski definition) is 4. The molecule has 2 aromatic rings. The van der Waals surface area contributed by atoms with E-state index in [0.717, 1.165) is 29.4 Å². The van der Waals surface area contributed by atoms with Gasteiger partial charge >= 0.3 is 0 Å². The molecule has 2 aliphatic heterocycles. The molecule has 2 heterocycles. The molecule has 4 N–H and O–H groups in total. The molecule has 0 spiro atoms. The molecule has 22 heavy (non-hydrogen) atoms. The van der Waals surface area contributed by atoms with Crippen LogP contribution in [0.4, 0.5) is 22.7 Å². The van der Waals surface area contributed by atoms with Crippen LogP contribution in [-0.2, 0) is 0 Å². The van der Waals surface area contributed by atoms with Gasteiger partial charge in [0.25, 0.3) is 0 Å². The minimum absolute atomic E-state index is 0.791. The predicted octanol–water partition coefficient (Wildman–Crippen LogP) is 4.03. The van der Waals surface area contributed by atoms with Crippen LogP contribution in [0.5, 0.6) is 0 Å². The largest absolute Gasteiger partial charge is 0.380 e. The molecular weight excluding hydrogens is 272 g/mol. The van der Waals surface area contributed by atoms with Crippen molar-refractivity contribution in [2.45, 2.75) is 0 Å². The Morgan fingerprint density at radius 3 is 2.82 bits per heavy atom. The van der Waals surface area contributed by atoms with E-state index in [-0.39, 0.29) is 0 Å². The molecule has 0 amide bonds.